The van der Waals surface area contributed by atoms with Crippen LogP contribution in [0.1, 0.15) is 6.42 Å². The van der Waals surface area contributed by atoms with Gasteiger partial charge in [-0.1, -0.05) is 22.0 Å². The van der Waals surface area contributed by atoms with Gasteiger partial charge in [-0.05, 0) is 43.6 Å². The molecule has 0 aliphatic carbocycles. The lowest BCUT2D eigenvalue weighted by molar-refractivity contribution is 0.538. The highest BCUT2D eigenvalue weighted by Crippen LogP contribution is 2.16. The highest BCUT2D eigenvalue weighted by atomic mass is 79.9. The van der Waals surface area contributed by atoms with Crippen LogP contribution in [-0.4, -0.2) is 28.1 Å². The summed E-state index contributed by atoms with van der Waals surface area (Å²) in [7, 11) is -3.38. The number of halogens is 1. The lowest BCUT2D eigenvalue weighted by Crippen LogP contribution is -2.30. The van der Waals surface area contributed by atoms with Crippen molar-refractivity contribution in [2.45, 2.75) is 11.3 Å². The standard InChI is InChI=1S/C11H15BrN2O2S/c12-10-2-1-3-11(6-10)17(15,16)14-8-9-4-5-13-7-9/h1-3,6,9,13-14H,4-5,7-8H2. The summed E-state index contributed by atoms with van der Waals surface area (Å²) in [6.07, 6.45) is 1.03. The molecule has 0 amide bonds. The number of hydrogen-bond acceptors (Lipinski definition) is 3. The molecule has 0 saturated carbocycles. The molecule has 6 heteroatoms. The van der Waals surface area contributed by atoms with Crippen LogP contribution in [0.5, 0.6) is 0 Å². The fraction of sp³-hybridized carbons (Fsp3) is 0.455. The number of hydrogen-bond donors (Lipinski definition) is 2. The molecule has 1 aliphatic heterocycles. The number of rotatable bonds is 4. The molecule has 94 valence electrons. The molecule has 0 aromatic heterocycles. The van der Waals surface area contributed by atoms with Crippen LogP contribution >= 0.6 is 15.9 Å². The van der Waals surface area contributed by atoms with E-state index >= 15 is 0 Å². The molecule has 1 aromatic rings. The number of nitrogens with one attached hydrogen (secondary N) is 2. The molecule has 1 fully saturated rings. The summed E-state index contributed by atoms with van der Waals surface area (Å²) in [5.41, 5.74) is 0. The first kappa shape index (κ1) is 13.0. The lowest BCUT2D eigenvalue weighted by Gasteiger charge is -2.10. The van der Waals surface area contributed by atoms with Crippen LogP contribution < -0.4 is 10.0 Å². The van der Waals surface area contributed by atoms with Crippen LogP contribution in [0.4, 0.5) is 0 Å². The van der Waals surface area contributed by atoms with Crippen molar-refractivity contribution in [1.82, 2.24) is 10.0 Å². The van der Waals surface area contributed by atoms with E-state index in [2.05, 4.69) is 26.0 Å². The molecule has 1 atom stereocenters. The van der Waals surface area contributed by atoms with E-state index in [1.807, 2.05) is 0 Å². The van der Waals surface area contributed by atoms with Gasteiger partial charge in [0, 0.05) is 11.0 Å². The van der Waals surface area contributed by atoms with Crippen molar-refractivity contribution in [3.63, 3.8) is 0 Å². The lowest BCUT2D eigenvalue weighted by atomic mass is 10.1. The third-order valence-electron chi connectivity index (χ3n) is 2.83. The van der Waals surface area contributed by atoms with E-state index in [1.54, 1.807) is 24.3 Å². The Morgan fingerprint density at radius 1 is 1.47 bits per heavy atom. The average Bonchev–Trinajstić information content (AvgIpc) is 2.79. The zero-order valence-corrected chi connectivity index (χ0v) is 11.7. The fourth-order valence-electron chi connectivity index (χ4n) is 1.83. The van der Waals surface area contributed by atoms with Crippen molar-refractivity contribution >= 4 is 26.0 Å². The zero-order chi connectivity index (χ0) is 12.3. The van der Waals surface area contributed by atoms with E-state index in [4.69, 9.17) is 0 Å². The minimum atomic E-state index is -3.38. The Bertz CT molecular complexity index is 484. The van der Waals surface area contributed by atoms with E-state index in [0.29, 0.717) is 17.4 Å². The molecule has 1 saturated heterocycles. The third-order valence-corrected chi connectivity index (χ3v) is 4.75. The van der Waals surface area contributed by atoms with Crippen LogP contribution in [0, 0.1) is 5.92 Å². The molecule has 1 aliphatic rings. The Kier molecular flexibility index (Phi) is 4.19. The number of sulfonamides is 1. The first-order chi connectivity index (χ1) is 8.08. The normalized spacial score (nSPS) is 20.6. The Labute approximate surface area is 110 Å². The molecule has 1 aromatic carbocycles. The smallest absolute Gasteiger partial charge is 0.240 e. The summed E-state index contributed by atoms with van der Waals surface area (Å²) in [4.78, 5) is 0.304. The summed E-state index contributed by atoms with van der Waals surface area (Å²) in [5.74, 6) is 0.400. The molecule has 2 rings (SSSR count). The monoisotopic (exact) mass is 318 g/mol. The maximum Gasteiger partial charge on any atom is 0.240 e. The van der Waals surface area contributed by atoms with Gasteiger partial charge in [-0.3, -0.25) is 0 Å². The summed E-state index contributed by atoms with van der Waals surface area (Å²) in [6.45, 7) is 2.37. The van der Waals surface area contributed by atoms with Gasteiger partial charge in [0.1, 0.15) is 0 Å². The van der Waals surface area contributed by atoms with Gasteiger partial charge in [0.15, 0.2) is 0 Å². The maximum absolute atomic E-state index is 12.0. The van der Waals surface area contributed by atoms with E-state index < -0.39 is 10.0 Å². The van der Waals surface area contributed by atoms with Crippen LogP contribution in [-0.2, 0) is 10.0 Å². The topological polar surface area (TPSA) is 58.2 Å². The SMILES string of the molecule is O=S(=O)(NCC1CCNC1)c1cccc(Br)c1. The first-order valence-electron chi connectivity index (χ1n) is 5.54. The van der Waals surface area contributed by atoms with Gasteiger partial charge in [-0.25, -0.2) is 13.1 Å². The van der Waals surface area contributed by atoms with Crippen LogP contribution in [0.25, 0.3) is 0 Å². The molecule has 4 nitrogen and oxygen atoms in total. The summed E-state index contributed by atoms with van der Waals surface area (Å²) in [6, 6.07) is 6.73. The van der Waals surface area contributed by atoms with Crippen molar-refractivity contribution in [2.75, 3.05) is 19.6 Å². The second-order valence-corrected chi connectivity index (χ2v) is 6.85. The minimum Gasteiger partial charge on any atom is -0.316 e. The predicted molar refractivity (Wildman–Crippen MR) is 70.3 cm³/mol. The molecule has 0 bridgehead atoms. The third kappa shape index (κ3) is 3.51. The van der Waals surface area contributed by atoms with Gasteiger partial charge < -0.3 is 5.32 Å². The Morgan fingerprint density at radius 2 is 2.29 bits per heavy atom. The quantitative estimate of drug-likeness (QED) is 0.880. The fourth-order valence-corrected chi connectivity index (χ4v) is 3.55. The van der Waals surface area contributed by atoms with E-state index in [0.717, 1.165) is 24.0 Å². The molecule has 1 heterocycles. The molecule has 0 spiro atoms. The second-order valence-electron chi connectivity index (χ2n) is 4.17. The van der Waals surface area contributed by atoms with Gasteiger partial charge in [-0.15, -0.1) is 0 Å². The molecule has 1 unspecified atom stereocenters. The van der Waals surface area contributed by atoms with Crippen LogP contribution in [0.3, 0.4) is 0 Å². The van der Waals surface area contributed by atoms with E-state index in [-0.39, 0.29) is 0 Å². The molecule has 2 N–H and O–H groups in total. The van der Waals surface area contributed by atoms with Crippen molar-refractivity contribution < 1.29 is 8.42 Å². The second kappa shape index (κ2) is 5.48. The summed E-state index contributed by atoms with van der Waals surface area (Å²) < 4.78 is 27.4. The minimum absolute atomic E-state index is 0.304. The van der Waals surface area contributed by atoms with Crippen molar-refractivity contribution in [2.24, 2.45) is 5.92 Å². The van der Waals surface area contributed by atoms with Gasteiger partial charge >= 0.3 is 0 Å². The Morgan fingerprint density at radius 3 is 2.94 bits per heavy atom. The average molecular weight is 319 g/mol. The van der Waals surface area contributed by atoms with Crippen LogP contribution in [0.15, 0.2) is 33.6 Å². The Balaban J connectivity index is 2.03. The molecule has 0 radical (unpaired) electrons. The van der Waals surface area contributed by atoms with Crippen molar-refractivity contribution in [3.05, 3.63) is 28.7 Å². The molecular weight excluding hydrogens is 304 g/mol. The van der Waals surface area contributed by atoms with Gasteiger partial charge in [-0.2, -0.15) is 0 Å². The zero-order valence-electron chi connectivity index (χ0n) is 9.32. The Hall–Kier alpha value is -0.430. The largest absolute Gasteiger partial charge is 0.316 e. The van der Waals surface area contributed by atoms with E-state index in [9.17, 15) is 8.42 Å². The van der Waals surface area contributed by atoms with Crippen LogP contribution in [0.2, 0.25) is 0 Å². The maximum atomic E-state index is 12.0. The summed E-state index contributed by atoms with van der Waals surface area (Å²) in [5, 5.41) is 3.22. The number of benzene rings is 1. The predicted octanol–water partition coefficient (Wildman–Crippen LogP) is 1.34. The van der Waals surface area contributed by atoms with E-state index in [1.165, 1.54) is 0 Å². The van der Waals surface area contributed by atoms with Crippen molar-refractivity contribution in [3.8, 4) is 0 Å². The van der Waals surface area contributed by atoms with Gasteiger partial charge in [0.2, 0.25) is 10.0 Å². The summed E-state index contributed by atoms with van der Waals surface area (Å²) >= 11 is 3.27. The first-order valence-corrected chi connectivity index (χ1v) is 7.81. The van der Waals surface area contributed by atoms with Gasteiger partial charge in [0.05, 0.1) is 4.90 Å². The highest BCUT2D eigenvalue weighted by Gasteiger charge is 2.19. The molecular formula is C11H15BrN2O2S. The van der Waals surface area contributed by atoms with Crippen molar-refractivity contribution in [1.29, 1.82) is 0 Å². The highest BCUT2D eigenvalue weighted by molar-refractivity contribution is 9.10. The molecule has 17 heavy (non-hydrogen) atoms. The van der Waals surface area contributed by atoms with Gasteiger partial charge in [0.25, 0.3) is 0 Å².